The lowest BCUT2D eigenvalue weighted by Crippen LogP contribution is -2.28. The van der Waals surface area contributed by atoms with Crippen molar-refractivity contribution in [2.24, 2.45) is 0 Å². The maximum absolute atomic E-state index is 10.4. The molecule has 0 radical (unpaired) electrons. The number of nitrogen functional groups attached to an aromatic ring is 1. The van der Waals surface area contributed by atoms with Gasteiger partial charge in [-0.3, -0.25) is 4.79 Å². The van der Waals surface area contributed by atoms with E-state index in [2.05, 4.69) is 25.7 Å². The van der Waals surface area contributed by atoms with Crippen LogP contribution in [0.5, 0.6) is 0 Å². The molecular formula is C17H29N3O2. The lowest BCUT2D eigenvalue weighted by Gasteiger charge is -2.14. The van der Waals surface area contributed by atoms with Gasteiger partial charge in [0.1, 0.15) is 6.61 Å². The van der Waals surface area contributed by atoms with Crippen LogP contribution in [0, 0.1) is 0 Å². The van der Waals surface area contributed by atoms with Crippen molar-refractivity contribution in [2.75, 3.05) is 25.9 Å². The minimum Gasteiger partial charge on any atom is -0.475 e. The van der Waals surface area contributed by atoms with Crippen LogP contribution < -0.4 is 11.1 Å². The van der Waals surface area contributed by atoms with E-state index in [4.69, 9.17) is 10.5 Å². The van der Waals surface area contributed by atoms with Gasteiger partial charge in [0.05, 0.1) is 0 Å². The summed E-state index contributed by atoms with van der Waals surface area (Å²) < 4.78 is 5.43. The Labute approximate surface area is 134 Å². The molecule has 1 rings (SSSR count). The van der Waals surface area contributed by atoms with Gasteiger partial charge < -0.3 is 20.7 Å². The highest BCUT2D eigenvalue weighted by atomic mass is 16.5. The third kappa shape index (κ3) is 10.6. The molecule has 0 aliphatic heterocycles. The number of unbranched alkanes of at least 4 members (excludes halogenated alkanes) is 1. The second-order valence-electron chi connectivity index (χ2n) is 4.97. The molecule has 0 fully saturated rings. The van der Waals surface area contributed by atoms with Crippen molar-refractivity contribution >= 4 is 12.1 Å². The summed E-state index contributed by atoms with van der Waals surface area (Å²) in [5, 5.41) is 2.99. The SMILES string of the molecule is C=C(NCCN(C)C=O)OCc1ccc(N)cc1.CCCC. The van der Waals surface area contributed by atoms with Gasteiger partial charge in [0.25, 0.3) is 0 Å². The number of carbonyl (C=O) groups excluding carboxylic acids is 1. The summed E-state index contributed by atoms with van der Waals surface area (Å²) in [5.74, 6) is 0.492. The highest BCUT2D eigenvalue weighted by Crippen LogP contribution is 2.07. The Hall–Kier alpha value is -2.17. The molecule has 22 heavy (non-hydrogen) atoms. The van der Waals surface area contributed by atoms with Crippen LogP contribution in [-0.2, 0) is 16.1 Å². The number of anilines is 1. The second kappa shape index (κ2) is 12.6. The minimum atomic E-state index is 0.440. The number of nitrogens with zero attached hydrogens (tertiary/aromatic N) is 1. The smallest absolute Gasteiger partial charge is 0.209 e. The molecule has 1 aromatic carbocycles. The molecule has 0 saturated heterocycles. The molecule has 1 amide bonds. The van der Waals surface area contributed by atoms with Crippen molar-refractivity contribution in [3.8, 4) is 0 Å². The highest BCUT2D eigenvalue weighted by molar-refractivity contribution is 5.46. The number of nitrogens with one attached hydrogen (secondary N) is 1. The van der Waals surface area contributed by atoms with Gasteiger partial charge in [-0.2, -0.15) is 0 Å². The first-order valence-electron chi connectivity index (χ1n) is 7.59. The molecule has 124 valence electrons. The molecule has 0 unspecified atom stereocenters. The molecule has 0 aliphatic carbocycles. The van der Waals surface area contributed by atoms with Crippen LogP contribution >= 0.6 is 0 Å². The van der Waals surface area contributed by atoms with E-state index in [1.54, 1.807) is 11.9 Å². The van der Waals surface area contributed by atoms with E-state index in [9.17, 15) is 4.79 Å². The molecule has 0 bridgehead atoms. The predicted octanol–water partition coefficient (Wildman–Crippen LogP) is 2.74. The standard InChI is InChI=1S/C13H19N3O2.C4H10/c1-11(15-7-8-16(2)10-17)18-9-12-3-5-13(14)6-4-12;1-3-4-2/h3-6,10,15H,1,7-9,14H2,2H3;3-4H2,1-2H3. The zero-order valence-electron chi connectivity index (χ0n) is 14.0. The van der Waals surface area contributed by atoms with Crippen molar-refractivity contribution in [2.45, 2.75) is 33.3 Å². The first-order chi connectivity index (χ1) is 10.5. The Kier molecular flexibility index (Phi) is 11.3. The number of benzene rings is 1. The Morgan fingerprint density at radius 1 is 1.32 bits per heavy atom. The fourth-order valence-electron chi connectivity index (χ4n) is 1.26. The van der Waals surface area contributed by atoms with E-state index in [1.807, 2.05) is 24.3 Å². The average Bonchev–Trinajstić information content (AvgIpc) is 2.54. The summed E-state index contributed by atoms with van der Waals surface area (Å²) in [6, 6.07) is 7.47. The van der Waals surface area contributed by atoms with E-state index in [-0.39, 0.29) is 0 Å². The molecule has 0 heterocycles. The van der Waals surface area contributed by atoms with E-state index >= 15 is 0 Å². The number of nitrogens with two attached hydrogens (primary N) is 1. The van der Waals surface area contributed by atoms with Crippen LogP contribution in [0.4, 0.5) is 5.69 Å². The lowest BCUT2D eigenvalue weighted by molar-refractivity contribution is -0.116. The van der Waals surface area contributed by atoms with E-state index in [1.165, 1.54) is 12.8 Å². The molecule has 0 atom stereocenters. The van der Waals surface area contributed by atoms with Crippen molar-refractivity contribution < 1.29 is 9.53 Å². The van der Waals surface area contributed by atoms with Gasteiger partial charge in [-0.05, 0) is 24.3 Å². The van der Waals surface area contributed by atoms with Crippen molar-refractivity contribution in [3.63, 3.8) is 0 Å². The van der Waals surface area contributed by atoms with Crippen molar-refractivity contribution in [3.05, 3.63) is 42.3 Å². The van der Waals surface area contributed by atoms with Crippen LogP contribution in [0.1, 0.15) is 32.3 Å². The summed E-state index contributed by atoms with van der Waals surface area (Å²) in [5.41, 5.74) is 7.34. The fourth-order valence-corrected chi connectivity index (χ4v) is 1.26. The largest absolute Gasteiger partial charge is 0.475 e. The number of rotatable bonds is 9. The zero-order chi connectivity index (χ0) is 16.8. The number of carbonyl (C=O) groups is 1. The summed E-state index contributed by atoms with van der Waals surface area (Å²) in [6.07, 6.45) is 3.42. The van der Waals surface area contributed by atoms with Crippen LogP contribution in [0.25, 0.3) is 0 Å². The Balaban J connectivity index is 0.000000980. The van der Waals surface area contributed by atoms with Crippen LogP contribution in [0.2, 0.25) is 0 Å². The fraction of sp³-hybridized carbons (Fsp3) is 0.471. The number of amides is 1. The monoisotopic (exact) mass is 307 g/mol. The van der Waals surface area contributed by atoms with Gasteiger partial charge in [-0.1, -0.05) is 38.8 Å². The number of ether oxygens (including phenoxy) is 1. The quantitative estimate of drug-likeness (QED) is 0.418. The summed E-state index contributed by atoms with van der Waals surface area (Å²) in [6.45, 7) is 9.76. The Bertz CT molecular complexity index is 416. The minimum absolute atomic E-state index is 0.440. The molecule has 3 N–H and O–H groups in total. The summed E-state index contributed by atoms with van der Waals surface area (Å²) >= 11 is 0. The van der Waals surface area contributed by atoms with Gasteiger partial charge in [-0.25, -0.2) is 0 Å². The molecule has 0 spiro atoms. The first-order valence-corrected chi connectivity index (χ1v) is 7.59. The van der Waals surface area contributed by atoms with E-state index < -0.39 is 0 Å². The Morgan fingerprint density at radius 3 is 2.41 bits per heavy atom. The molecule has 5 heteroatoms. The van der Waals surface area contributed by atoms with Gasteiger partial charge in [0, 0.05) is 25.8 Å². The van der Waals surface area contributed by atoms with Gasteiger partial charge in [-0.15, -0.1) is 0 Å². The number of hydrogen-bond acceptors (Lipinski definition) is 4. The van der Waals surface area contributed by atoms with Gasteiger partial charge in [0.2, 0.25) is 6.41 Å². The van der Waals surface area contributed by atoms with Crippen LogP contribution in [-0.4, -0.2) is 31.4 Å². The zero-order valence-corrected chi connectivity index (χ0v) is 14.0. The van der Waals surface area contributed by atoms with E-state index in [0.717, 1.165) is 17.7 Å². The highest BCUT2D eigenvalue weighted by Gasteiger charge is 1.98. The summed E-state index contributed by atoms with van der Waals surface area (Å²) in [4.78, 5) is 11.9. The van der Waals surface area contributed by atoms with Crippen LogP contribution in [0.3, 0.4) is 0 Å². The predicted molar refractivity (Wildman–Crippen MR) is 92.1 cm³/mol. The number of likely N-dealkylation sites (N-methyl/N-ethyl adjacent to an activating group) is 1. The molecule has 5 nitrogen and oxygen atoms in total. The lowest BCUT2D eigenvalue weighted by atomic mass is 10.2. The molecular weight excluding hydrogens is 278 g/mol. The molecule has 1 aromatic rings. The molecule has 0 aromatic heterocycles. The second-order valence-corrected chi connectivity index (χ2v) is 4.97. The van der Waals surface area contributed by atoms with Crippen LogP contribution in [0.15, 0.2) is 36.7 Å². The normalized spacial score (nSPS) is 9.23. The maximum atomic E-state index is 10.4. The molecule has 0 saturated carbocycles. The summed E-state index contributed by atoms with van der Waals surface area (Å²) in [7, 11) is 1.71. The third-order valence-corrected chi connectivity index (χ3v) is 2.86. The third-order valence-electron chi connectivity index (χ3n) is 2.86. The molecule has 0 aliphatic rings. The average molecular weight is 307 g/mol. The van der Waals surface area contributed by atoms with E-state index in [0.29, 0.717) is 25.6 Å². The van der Waals surface area contributed by atoms with Gasteiger partial charge >= 0.3 is 0 Å². The Morgan fingerprint density at radius 2 is 1.91 bits per heavy atom. The van der Waals surface area contributed by atoms with Gasteiger partial charge in [0.15, 0.2) is 5.88 Å². The first kappa shape index (κ1) is 19.8. The number of hydrogen-bond donors (Lipinski definition) is 2. The van der Waals surface area contributed by atoms with Crippen molar-refractivity contribution in [1.82, 2.24) is 10.2 Å². The maximum Gasteiger partial charge on any atom is 0.209 e. The van der Waals surface area contributed by atoms with Crippen molar-refractivity contribution in [1.29, 1.82) is 0 Å². The topological polar surface area (TPSA) is 67.6 Å².